The van der Waals surface area contributed by atoms with E-state index in [-0.39, 0.29) is 23.4 Å². The van der Waals surface area contributed by atoms with Crippen LogP contribution in [0.5, 0.6) is 0 Å². The van der Waals surface area contributed by atoms with Crippen molar-refractivity contribution in [1.82, 2.24) is 23.8 Å². The Hall–Kier alpha value is -2.68. The standard InChI is InChI=1S/C16H14FN5O2S/c17-11-6-2-1-5-10(11)14-19-20-15(24-14)13-7-3-4-8-22(13)16(23)12-9-18-25-21-12/h1-2,5-6,9,13H,3-4,7-8H2/t13-/m1/s1. The predicted octanol–water partition coefficient (Wildman–Crippen LogP) is 3.09. The zero-order valence-electron chi connectivity index (χ0n) is 13.1. The molecule has 7 nitrogen and oxygen atoms in total. The van der Waals surface area contributed by atoms with Crippen molar-refractivity contribution in [3.63, 3.8) is 0 Å². The summed E-state index contributed by atoms with van der Waals surface area (Å²) in [6, 6.07) is 5.88. The topological polar surface area (TPSA) is 85.0 Å². The Kier molecular flexibility index (Phi) is 4.22. The van der Waals surface area contributed by atoms with Gasteiger partial charge >= 0.3 is 0 Å². The van der Waals surface area contributed by atoms with E-state index in [1.165, 1.54) is 12.3 Å². The number of rotatable bonds is 3. The zero-order valence-corrected chi connectivity index (χ0v) is 13.9. The van der Waals surface area contributed by atoms with Gasteiger partial charge in [0.15, 0.2) is 5.69 Å². The molecule has 25 heavy (non-hydrogen) atoms. The lowest BCUT2D eigenvalue weighted by Crippen LogP contribution is -2.38. The third-order valence-corrected chi connectivity index (χ3v) is 4.65. The van der Waals surface area contributed by atoms with Crippen molar-refractivity contribution in [2.24, 2.45) is 0 Å². The number of benzene rings is 1. The molecule has 2 aromatic heterocycles. The Morgan fingerprint density at radius 3 is 2.96 bits per heavy atom. The van der Waals surface area contributed by atoms with Crippen LogP contribution in [0.4, 0.5) is 4.39 Å². The van der Waals surface area contributed by atoms with Gasteiger partial charge in [0, 0.05) is 6.54 Å². The van der Waals surface area contributed by atoms with E-state index < -0.39 is 5.82 Å². The second-order valence-corrected chi connectivity index (χ2v) is 6.28. The number of nitrogens with zero attached hydrogens (tertiary/aromatic N) is 5. The third kappa shape index (κ3) is 3.02. The van der Waals surface area contributed by atoms with E-state index in [1.54, 1.807) is 23.1 Å². The Labute approximate surface area is 146 Å². The van der Waals surface area contributed by atoms with Crippen LogP contribution in [0.3, 0.4) is 0 Å². The third-order valence-electron chi connectivity index (χ3n) is 4.17. The first-order valence-electron chi connectivity index (χ1n) is 7.91. The maximum atomic E-state index is 13.9. The van der Waals surface area contributed by atoms with E-state index in [9.17, 15) is 9.18 Å². The van der Waals surface area contributed by atoms with Crippen molar-refractivity contribution in [3.05, 3.63) is 47.9 Å². The Morgan fingerprint density at radius 2 is 2.16 bits per heavy atom. The number of carbonyl (C=O) groups is 1. The molecular formula is C16H14FN5O2S. The SMILES string of the molecule is O=C(c1cnsn1)N1CCCC[C@@H]1c1nnc(-c2ccccc2F)o1. The van der Waals surface area contributed by atoms with Gasteiger partial charge in [-0.1, -0.05) is 12.1 Å². The van der Waals surface area contributed by atoms with E-state index in [0.29, 0.717) is 24.6 Å². The molecule has 1 fully saturated rings. The van der Waals surface area contributed by atoms with Crippen molar-refractivity contribution in [3.8, 4) is 11.5 Å². The molecule has 9 heteroatoms. The highest BCUT2D eigenvalue weighted by Crippen LogP contribution is 2.33. The number of halogens is 1. The number of amides is 1. The highest BCUT2D eigenvalue weighted by Gasteiger charge is 2.33. The summed E-state index contributed by atoms with van der Waals surface area (Å²) in [6.45, 7) is 0.582. The van der Waals surface area contributed by atoms with Gasteiger partial charge in [-0.2, -0.15) is 8.75 Å². The van der Waals surface area contributed by atoms with Gasteiger partial charge in [0.05, 0.1) is 23.5 Å². The number of aromatic nitrogens is 4. The highest BCUT2D eigenvalue weighted by molar-refractivity contribution is 6.99. The van der Waals surface area contributed by atoms with Crippen molar-refractivity contribution in [2.45, 2.75) is 25.3 Å². The van der Waals surface area contributed by atoms with Crippen LogP contribution in [0, 0.1) is 5.82 Å². The van der Waals surface area contributed by atoms with Gasteiger partial charge in [0.2, 0.25) is 5.89 Å². The number of piperidine rings is 1. The number of hydrogen-bond acceptors (Lipinski definition) is 7. The molecule has 0 spiro atoms. The molecule has 1 atom stereocenters. The Balaban J connectivity index is 1.63. The first kappa shape index (κ1) is 15.8. The number of likely N-dealkylation sites (tertiary alicyclic amines) is 1. The average molecular weight is 359 g/mol. The number of hydrogen-bond donors (Lipinski definition) is 0. The molecule has 128 valence electrons. The lowest BCUT2D eigenvalue weighted by Gasteiger charge is -2.32. The molecule has 0 N–H and O–H groups in total. The van der Waals surface area contributed by atoms with Crippen molar-refractivity contribution >= 4 is 17.6 Å². The quantitative estimate of drug-likeness (QED) is 0.714. The smallest absolute Gasteiger partial charge is 0.275 e. The van der Waals surface area contributed by atoms with Crippen LogP contribution in [-0.4, -0.2) is 36.3 Å². The van der Waals surface area contributed by atoms with Gasteiger partial charge in [0.1, 0.15) is 11.9 Å². The van der Waals surface area contributed by atoms with Crippen LogP contribution in [0.15, 0.2) is 34.9 Å². The first-order valence-corrected chi connectivity index (χ1v) is 8.64. The molecule has 0 bridgehead atoms. The first-order chi connectivity index (χ1) is 12.2. The fourth-order valence-corrected chi connectivity index (χ4v) is 3.36. The molecule has 0 aliphatic carbocycles. The summed E-state index contributed by atoms with van der Waals surface area (Å²) < 4.78 is 27.5. The molecule has 0 unspecified atom stereocenters. The fraction of sp³-hybridized carbons (Fsp3) is 0.312. The molecule has 0 radical (unpaired) electrons. The average Bonchev–Trinajstić information content (AvgIpc) is 3.34. The molecular weight excluding hydrogens is 345 g/mol. The summed E-state index contributed by atoms with van der Waals surface area (Å²) >= 11 is 0.991. The minimum absolute atomic E-state index is 0.112. The van der Waals surface area contributed by atoms with Gasteiger partial charge in [-0.3, -0.25) is 4.79 Å². The van der Waals surface area contributed by atoms with Crippen LogP contribution in [0.25, 0.3) is 11.5 Å². The minimum atomic E-state index is -0.428. The van der Waals surface area contributed by atoms with Gasteiger partial charge in [-0.25, -0.2) is 4.39 Å². The summed E-state index contributed by atoms with van der Waals surface area (Å²) in [5, 5.41) is 8.02. The van der Waals surface area contributed by atoms with Gasteiger partial charge in [0.25, 0.3) is 11.8 Å². The largest absolute Gasteiger partial charge is 0.418 e. The zero-order chi connectivity index (χ0) is 17.2. The molecule has 1 amide bonds. The molecule has 1 saturated heterocycles. The molecule has 0 saturated carbocycles. The van der Waals surface area contributed by atoms with Gasteiger partial charge in [-0.05, 0) is 31.4 Å². The van der Waals surface area contributed by atoms with E-state index in [0.717, 1.165) is 24.6 Å². The fourth-order valence-electron chi connectivity index (χ4n) is 2.95. The van der Waals surface area contributed by atoms with Gasteiger partial charge < -0.3 is 9.32 Å². The summed E-state index contributed by atoms with van der Waals surface area (Å²) in [5.41, 5.74) is 0.560. The molecule has 3 heterocycles. The maximum Gasteiger partial charge on any atom is 0.275 e. The van der Waals surface area contributed by atoms with Crippen LogP contribution in [-0.2, 0) is 0 Å². The highest BCUT2D eigenvalue weighted by atomic mass is 32.1. The monoisotopic (exact) mass is 359 g/mol. The molecule has 3 aromatic rings. The van der Waals surface area contributed by atoms with E-state index in [4.69, 9.17) is 4.42 Å². The van der Waals surface area contributed by atoms with Crippen molar-refractivity contribution < 1.29 is 13.6 Å². The van der Waals surface area contributed by atoms with Crippen LogP contribution < -0.4 is 0 Å². The van der Waals surface area contributed by atoms with Crippen LogP contribution in [0.1, 0.15) is 41.7 Å². The van der Waals surface area contributed by atoms with E-state index >= 15 is 0 Å². The Morgan fingerprint density at radius 1 is 1.28 bits per heavy atom. The maximum absolute atomic E-state index is 13.9. The number of carbonyl (C=O) groups excluding carboxylic acids is 1. The molecule has 1 aliphatic rings. The summed E-state index contributed by atoms with van der Waals surface area (Å²) in [7, 11) is 0. The lowest BCUT2D eigenvalue weighted by molar-refractivity contribution is 0.0567. The lowest BCUT2D eigenvalue weighted by atomic mass is 10.0. The van der Waals surface area contributed by atoms with E-state index in [1.807, 2.05) is 0 Å². The van der Waals surface area contributed by atoms with Crippen molar-refractivity contribution in [1.29, 1.82) is 0 Å². The summed E-state index contributed by atoms with van der Waals surface area (Å²) in [4.78, 5) is 14.3. The predicted molar refractivity (Wildman–Crippen MR) is 87.2 cm³/mol. The Bertz CT molecular complexity index is 882. The summed E-state index contributed by atoms with van der Waals surface area (Å²) in [6.07, 6.45) is 4.01. The van der Waals surface area contributed by atoms with Crippen molar-refractivity contribution in [2.75, 3.05) is 6.54 Å². The van der Waals surface area contributed by atoms with Gasteiger partial charge in [-0.15, -0.1) is 10.2 Å². The van der Waals surface area contributed by atoms with Crippen LogP contribution >= 0.6 is 11.7 Å². The second kappa shape index (κ2) is 6.67. The normalized spacial score (nSPS) is 17.6. The molecule has 4 rings (SSSR count). The second-order valence-electron chi connectivity index (χ2n) is 5.73. The van der Waals surface area contributed by atoms with Crippen LogP contribution in [0.2, 0.25) is 0 Å². The minimum Gasteiger partial charge on any atom is -0.418 e. The summed E-state index contributed by atoms with van der Waals surface area (Å²) in [5.74, 6) is -0.206. The molecule has 1 aromatic carbocycles. The van der Waals surface area contributed by atoms with E-state index in [2.05, 4.69) is 18.9 Å². The molecule has 1 aliphatic heterocycles.